The van der Waals surface area contributed by atoms with Gasteiger partial charge in [0.1, 0.15) is 5.75 Å². The van der Waals surface area contributed by atoms with E-state index in [1.54, 1.807) is 7.11 Å². The molecule has 1 rings (SSSR count). The largest absolute Gasteiger partial charge is 0.497 e. The summed E-state index contributed by atoms with van der Waals surface area (Å²) in [6.45, 7) is 1.66. The molecule has 0 aromatic heterocycles. The molecule has 5 nitrogen and oxygen atoms in total. The molecule has 0 saturated heterocycles. The van der Waals surface area contributed by atoms with Crippen molar-refractivity contribution >= 4 is 5.97 Å². The third kappa shape index (κ3) is 6.60. The predicted molar refractivity (Wildman–Crippen MR) is 83.8 cm³/mol. The molecule has 0 amide bonds. The molecule has 1 aromatic rings. The quantitative estimate of drug-likeness (QED) is 0.647. The lowest BCUT2D eigenvalue weighted by Crippen LogP contribution is -2.31. The number of carboxylic acid groups (broad SMARTS) is 1. The summed E-state index contributed by atoms with van der Waals surface area (Å²) < 4.78 is 5.27. The number of nitrogens with zero attached hydrogens (tertiary/aromatic N) is 1. The fourth-order valence-corrected chi connectivity index (χ4v) is 2.21. The van der Waals surface area contributed by atoms with Crippen molar-refractivity contribution in [1.82, 2.24) is 10.2 Å². The van der Waals surface area contributed by atoms with Crippen LogP contribution in [0.15, 0.2) is 24.3 Å². The molecule has 0 aliphatic rings. The Balaban J connectivity index is 2.45. The first-order chi connectivity index (χ1) is 10.0. The minimum atomic E-state index is -0.724. The Morgan fingerprint density at radius 2 is 2.14 bits per heavy atom. The maximum atomic E-state index is 10.4. The van der Waals surface area contributed by atoms with E-state index < -0.39 is 5.97 Å². The fraction of sp³-hybridized carbons (Fsp3) is 0.562. The Bertz CT molecular complexity index is 435. The van der Waals surface area contributed by atoms with E-state index in [1.165, 1.54) is 5.56 Å². The molecule has 0 saturated carbocycles. The van der Waals surface area contributed by atoms with Gasteiger partial charge < -0.3 is 20.1 Å². The molecule has 0 aliphatic carbocycles. The Hall–Kier alpha value is -1.59. The molecular weight excluding hydrogens is 268 g/mol. The number of hydrogen-bond acceptors (Lipinski definition) is 4. The van der Waals surface area contributed by atoms with Crippen LogP contribution in [0.4, 0.5) is 0 Å². The average Bonchev–Trinajstić information content (AvgIpc) is 2.45. The van der Waals surface area contributed by atoms with Gasteiger partial charge >= 0.3 is 5.97 Å². The van der Waals surface area contributed by atoms with E-state index in [4.69, 9.17) is 9.84 Å². The molecule has 1 atom stereocenters. The molecule has 0 fully saturated rings. The van der Waals surface area contributed by atoms with Crippen molar-refractivity contribution in [3.63, 3.8) is 0 Å². The topological polar surface area (TPSA) is 61.8 Å². The lowest BCUT2D eigenvalue weighted by atomic mass is 10.1. The minimum absolute atomic E-state index is 0.245. The lowest BCUT2D eigenvalue weighted by Gasteiger charge is -2.25. The first-order valence-corrected chi connectivity index (χ1v) is 7.27. The summed E-state index contributed by atoms with van der Waals surface area (Å²) in [4.78, 5) is 12.6. The van der Waals surface area contributed by atoms with Crippen molar-refractivity contribution in [2.45, 2.75) is 25.3 Å². The van der Waals surface area contributed by atoms with Gasteiger partial charge in [0.25, 0.3) is 0 Å². The van der Waals surface area contributed by atoms with Crippen LogP contribution in [0.5, 0.6) is 5.75 Å². The SMILES string of the molecule is COc1cccc(C(CNCCCCC(=O)O)N(C)C)c1. The van der Waals surface area contributed by atoms with E-state index in [-0.39, 0.29) is 12.5 Å². The van der Waals surface area contributed by atoms with Gasteiger partial charge in [0.15, 0.2) is 0 Å². The molecule has 0 radical (unpaired) electrons. The van der Waals surface area contributed by atoms with Crippen LogP contribution in [0.1, 0.15) is 30.9 Å². The van der Waals surface area contributed by atoms with Crippen molar-refractivity contribution < 1.29 is 14.6 Å². The van der Waals surface area contributed by atoms with Gasteiger partial charge in [-0.15, -0.1) is 0 Å². The standard InChI is InChI=1S/C16H26N2O3/c1-18(2)15(12-17-10-5-4-9-16(19)20)13-7-6-8-14(11-13)21-3/h6-8,11,15,17H,4-5,9-10,12H2,1-3H3,(H,19,20). The van der Waals surface area contributed by atoms with Gasteiger partial charge in [0.2, 0.25) is 0 Å². The average molecular weight is 294 g/mol. The van der Waals surface area contributed by atoms with Gasteiger partial charge in [0.05, 0.1) is 7.11 Å². The number of hydrogen-bond donors (Lipinski definition) is 2. The smallest absolute Gasteiger partial charge is 0.303 e. The van der Waals surface area contributed by atoms with Crippen LogP contribution in [0.2, 0.25) is 0 Å². The second-order valence-electron chi connectivity index (χ2n) is 5.31. The van der Waals surface area contributed by atoms with E-state index in [0.717, 1.165) is 25.3 Å². The van der Waals surface area contributed by atoms with E-state index >= 15 is 0 Å². The number of aliphatic carboxylic acids is 1. The number of benzene rings is 1. The zero-order valence-electron chi connectivity index (χ0n) is 13.1. The van der Waals surface area contributed by atoms with E-state index in [1.807, 2.05) is 12.1 Å². The number of methoxy groups -OCH3 is 1. The molecule has 0 heterocycles. The highest BCUT2D eigenvalue weighted by Crippen LogP contribution is 2.22. The highest BCUT2D eigenvalue weighted by atomic mass is 16.5. The second-order valence-corrected chi connectivity index (χ2v) is 5.31. The third-order valence-electron chi connectivity index (χ3n) is 3.43. The van der Waals surface area contributed by atoms with E-state index in [0.29, 0.717) is 6.42 Å². The number of carbonyl (C=O) groups is 1. The minimum Gasteiger partial charge on any atom is -0.497 e. The first kappa shape index (κ1) is 17.5. The summed E-state index contributed by atoms with van der Waals surface area (Å²) in [6.07, 6.45) is 1.84. The zero-order chi connectivity index (χ0) is 15.7. The molecule has 0 bridgehead atoms. The Labute approximate surface area is 126 Å². The first-order valence-electron chi connectivity index (χ1n) is 7.27. The summed E-state index contributed by atoms with van der Waals surface area (Å²) in [5.41, 5.74) is 1.21. The number of rotatable bonds is 10. The highest BCUT2D eigenvalue weighted by Gasteiger charge is 2.14. The van der Waals surface area contributed by atoms with Crippen LogP contribution in [0.25, 0.3) is 0 Å². The normalized spacial score (nSPS) is 12.4. The van der Waals surface area contributed by atoms with Crippen molar-refractivity contribution in [3.8, 4) is 5.75 Å². The highest BCUT2D eigenvalue weighted by molar-refractivity contribution is 5.66. The summed E-state index contributed by atoms with van der Waals surface area (Å²) in [5.74, 6) is 0.137. The second kappa shape index (κ2) is 9.37. The van der Waals surface area contributed by atoms with Crippen LogP contribution < -0.4 is 10.1 Å². The van der Waals surface area contributed by atoms with Crippen LogP contribution in [-0.4, -0.2) is 50.3 Å². The molecule has 118 valence electrons. The number of ether oxygens (including phenoxy) is 1. The maximum Gasteiger partial charge on any atom is 0.303 e. The summed E-state index contributed by atoms with van der Waals surface area (Å²) in [7, 11) is 5.77. The van der Waals surface area contributed by atoms with Crippen LogP contribution in [0, 0.1) is 0 Å². The van der Waals surface area contributed by atoms with Crippen molar-refractivity contribution in [1.29, 1.82) is 0 Å². The molecule has 2 N–H and O–H groups in total. The summed E-state index contributed by atoms with van der Waals surface area (Å²) in [5, 5.41) is 12.0. The van der Waals surface area contributed by atoms with Gasteiger partial charge in [-0.1, -0.05) is 12.1 Å². The van der Waals surface area contributed by atoms with Crippen LogP contribution in [-0.2, 0) is 4.79 Å². The number of carboxylic acids is 1. The molecule has 0 aliphatic heterocycles. The number of likely N-dealkylation sites (N-methyl/N-ethyl adjacent to an activating group) is 1. The van der Waals surface area contributed by atoms with Gasteiger partial charge in [-0.2, -0.15) is 0 Å². The zero-order valence-corrected chi connectivity index (χ0v) is 13.1. The van der Waals surface area contributed by atoms with E-state index in [2.05, 4.69) is 36.4 Å². The van der Waals surface area contributed by atoms with E-state index in [9.17, 15) is 4.79 Å². The monoisotopic (exact) mass is 294 g/mol. The molecule has 1 unspecified atom stereocenters. The molecular formula is C16H26N2O3. The van der Waals surface area contributed by atoms with Crippen molar-refractivity contribution in [3.05, 3.63) is 29.8 Å². The maximum absolute atomic E-state index is 10.4. The van der Waals surface area contributed by atoms with Gasteiger partial charge in [-0.3, -0.25) is 4.79 Å². The molecule has 21 heavy (non-hydrogen) atoms. The van der Waals surface area contributed by atoms with Crippen molar-refractivity contribution in [2.24, 2.45) is 0 Å². The van der Waals surface area contributed by atoms with Gasteiger partial charge in [-0.25, -0.2) is 0 Å². The predicted octanol–water partition coefficient (Wildman–Crippen LogP) is 2.14. The van der Waals surface area contributed by atoms with Crippen LogP contribution in [0.3, 0.4) is 0 Å². The Morgan fingerprint density at radius 3 is 2.76 bits per heavy atom. The summed E-state index contributed by atoms with van der Waals surface area (Å²) in [6, 6.07) is 8.35. The number of unbranched alkanes of at least 4 members (excludes halogenated alkanes) is 1. The number of nitrogens with one attached hydrogen (secondary N) is 1. The van der Waals surface area contributed by atoms with Crippen LogP contribution >= 0.6 is 0 Å². The van der Waals surface area contributed by atoms with Gasteiger partial charge in [0, 0.05) is 19.0 Å². The molecule has 0 spiro atoms. The Morgan fingerprint density at radius 1 is 1.38 bits per heavy atom. The van der Waals surface area contributed by atoms with Gasteiger partial charge in [-0.05, 0) is 51.2 Å². The lowest BCUT2D eigenvalue weighted by molar-refractivity contribution is -0.137. The van der Waals surface area contributed by atoms with Crippen molar-refractivity contribution in [2.75, 3.05) is 34.3 Å². The third-order valence-corrected chi connectivity index (χ3v) is 3.43. The summed E-state index contributed by atoms with van der Waals surface area (Å²) >= 11 is 0. The molecule has 1 aromatic carbocycles. The molecule has 5 heteroatoms. The fourth-order valence-electron chi connectivity index (χ4n) is 2.21. The Kier molecular flexibility index (Phi) is 7.79.